The van der Waals surface area contributed by atoms with Gasteiger partial charge in [0.2, 0.25) is 5.82 Å². The zero-order valence-corrected chi connectivity index (χ0v) is 19.0. The molecule has 1 saturated carbocycles. The Labute approximate surface area is 192 Å². The van der Waals surface area contributed by atoms with E-state index in [4.69, 9.17) is 4.74 Å². The largest absolute Gasteiger partial charge is 0.470 e. The van der Waals surface area contributed by atoms with E-state index in [1.807, 2.05) is 13.0 Å². The van der Waals surface area contributed by atoms with E-state index in [0.29, 0.717) is 0 Å². The van der Waals surface area contributed by atoms with Crippen LogP contribution in [0, 0.1) is 6.92 Å². The van der Waals surface area contributed by atoms with Gasteiger partial charge in [-0.1, -0.05) is 36.6 Å². The molecule has 0 spiro atoms. The molecule has 4 rings (SSSR count). The Morgan fingerprint density at radius 2 is 1.88 bits per heavy atom. The number of rotatable bonds is 8. The molecule has 0 bridgehead atoms. The Morgan fingerprint density at radius 1 is 1.12 bits per heavy atom. The minimum Gasteiger partial charge on any atom is -0.470 e. The van der Waals surface area contributed by atoms with Crippen molar-refractivity contribution in [2.24, 2.45) is 0 Å². The average molecular weight is 468 g/mol. The summed E-state index contributed by atoms with van der Waals surface area (Å²) in [5.74, 6) is -0.556. The number of hydrogen-bond donors (Lipinski definition) is 2. The second-order valence-corrected chi connectivity index (χ2v) is 9.61. The lowest BCUT2D eigenvalue weighted by molar-refractivity contribution is 0.0931. The van der Waals surface area contributed by atoms with Gasteiger partial charge in [0.25, 0.3) is 21.8 Å². The fourth-order valence-electron chi connectivity index (χ4n) is 3.52. The summed E-state index contributed by atoms with van der Waals surface area (Å²) >= 11 is 0. The highest BCUT2D eigenvalue weighted by Gasteiger charge is 2.23. The molecule has 172 valence electrons. The van der Waals surface area contributed by atoms with E-state index in [2.05, 4.69) is 25.0 Å². The fourth-order valence-corrected chi connectivity index (χ4v) is 4.53. The van der Waals surface area contributed by atoms with Crippen LogP contribution >= 0.6 is 0 Å². The summed E-state index contributed by atoms with van der Waals surface area (Å²) in [6.45, 7) is 1.95. The van der Waals surface area contributed by atoms with Crippen molar-refractivity contribution in [1.82, 2.24) is 20.3 Å². The molecule has 9 nitrogen and oxygen atoms in total. The Kier molecular flexibility index (Phi) is 6.83. The summed E-state index contributed by atoms with van der Waals surface area (Å²) in [6, 6.07) is 10.1. The zero-order chi connectivity index (χ0) is 23.3. The van der Waals surface area contributed by atoms with Crippen LogP contribution in [-0.2, 0) is 16.6 Å². The summed E-state index contributed by atoms with van der Waals surface area (Å²) in [6.07, 6.45) is 8.52. The average Bonchev–Trinajstić information content (AvgIpc) is 3.32. The van der Waals surface area contributed by atoms with Crippen molar-refractivity contribution < 1.29 is 17.9 Å². The summed E-state index contributed by atoms with van der Waals surface area (Å²) in [5, 5.41) is 2.95. The molecule has 2 N–H and O–H groups in total. The van der Waals surface area contributed by atoms with Crippen LogP contribution in [0.2, 0.25) is 0 Å². The number of carbonyl (C=O) groups is 1. The van der Waals surface area contributed by atoms with Crippen LogP contribution in [0.15, 0.2) is 59.9 Å². The Balaban J connectivity index is 1.59. The van der Waals surface area contributed by atoms with Crippen molar-refractivity contribution in [1.29, 1.82) is 0 Å². The molecule has 0 unspecified atom stereocenters. The predicted octanol–water partition coefficient (Wildman–Crippen LogP) is 3.23. The van der Waals surface area contributed by atoms with Crippen LogP contribution < -0.4 is 14.8 Å². The normalized spacial score (nSPS) is 14.1. The number of sulfonamides is 1. The molecule has 1 aliphatic rings. The molecule has 0 atom stereocenters. The van der Waals surface area contributed by atoms with Crippen molar-refractivity contribution in [3.05, 3.63) is 71.8 Å². The molecular formula is C23H25N5O4S. The maximum absolute atomic E-state index is 12.9. The number of nitrogens with zero attached hydrogens (tertiary/aromatic N) is 3. The van der Waals surface area contributed by atoms with Crippen LogP contribution in [0.1, 0.15) is 47.3 Å². The Bertz CT molecular complexity index is 1210. The molecule has 2 heterocycles. The van der Waals surface area contributed by atoms with Gasteiger partial charge in [0.15, 0.2) is 5.69 Å². The van der Waals surface area contributed by atoms with Crippen LogP contribution in [-0.4, -0.2) is 35.3 Å². The minimum atomic E-state index is -3.93. The highest BCUT2D eigenvalue weighted by molar-refractivity contribution is 7.92. The fraction of sp³-hybridized carbons (Fsp3) is 0.304. The number of aryl methyl sites for hydroxylation is 1. The van der Waals surface area contributed by atoms with Crippen molar-refractivity contribution >= 4 is 21.7 Å². The molecule has 3 aromatic rings. The number of amides is 1. The SMILES string of the molecule is Cc1ccc(S(=O)(=O)Nc2ncc(C(=O)NC3CCCC3)nc2OCc2cccnc2)cc1. The number of aromatic nitrogens is 3. The van der Waals surface area contributed by atoms with Crippen LogP contribution in [0.4, 0.5) is 5.82 Å². The first-order chi connectivity index (χ1) is 15.9. The highest BCUT2D eigenvalue weighted by atomic mass is 32.2. The maximum atomic E-state index is 12.9. The van der Waals surface area contributed by atoms with E-state index < -0.39 is 10.0 Å². The molecule has 0 radical (unpaired) electrons. The van der Waals surface area contributed by atoms with E-state index in [-0.39, 0.29) is 40.8 Å². The first kappa shape index (κ1) is 22.7. The predicted molar refractivity (Wildman–Crippen MR) is 122 cm³/mol. The third-order valence-corrected chi connectivity index (χ3v) is 6.68. The van der Waals surface area contributed by atoms with Crippen LogP contribution in [0.25, 0.3) is 0 Å². The summed E-state index contributed by atoms with van der Waals surface area (Å²) in [5.41, 5.74) is 1.75. The molecule has 1 aliphatic carbocycles. The van der Waals surface area contributed by atoms with Gasteiger partial charge in [-0.25, -0.2) is 18.4 Å². The van der Waals surface area contributed by atoms with E-state index in [9.17, 15) is 13.2 Å². The number of anilines is 1. The van der Waals surface area contributed by atoms with Gasteiger partial charge < -0.3 is 10.1 Å². The van der Waals surface area contributed by atoms with Gasteiger partial charge in [-0.15, -0.1) is 0 Å². The number of nitrogens with one attached hydrogen (secondary N) is 2. The quantitative estimate of drug-likeness (QED) is 0.521. The number of pyridine rings is 1. The number of ether oxygens (including phenoxy) is 1. The molecule has 0 aliphatic heterocycles. The number of carbonyl (C=O) groups excluding carboxylic acids is 1. The van der Waals surface area contributed by atoms with Gasteiger partial charge in [0, 0.05) is 24.0 Å². The van der Waals surface area contributed by atoms with Crippen LogP contribution in [0.5, 0.6) is 5.88 Å². The summed E-state index contributed by atoms with van der Waals surface area (Å²) in [4.78, 5) is 25.2. The molecule has 2 aromatic heterocycles. The Hall–Kier alpha value is -3.53. The highest BCUT2D eigenvalue weighted by Crippen LogP contribution is 2.25. The maximum Gasteiger partial charge on any atom is 0.271 e. The first-order valence-corrected chi connectivity index (χ1v) is 12.2. The molecule has 10 heteroatoms. The lowest BCUT2D eigenvalue weighted by atomic mass is 10.2. The van der Waals surface area contributed by atoms with E-state index in [1.54, 1.807) is 30.6 Å². The molecule has 33 heavy (non-hydrogen) atoms. The third-order valence-electron chi connectivity index (χ3n) is 5.32. The van der Waals surface area contributed by atoms with Crippen molar-refractivity contribution in [3.63, 3.8) is 0 Å². The molecule has 1 aromatic carbocycles. The van der Waals surface area contributed by atoms with E-state index in [1.165, 1.54) is 18.3 Å². The van der Waals surface area contributed by atoms with Gasteiger partial charge in [0.05, 0.1) is 11.1 Å². The summed E-state index contributed by atoms with van der Waals surface area (Å²) < 4.78 is 33.9. The van der Waals surface area contributed by atoms with E-state index in [0.717, 1.165) is 36.8 Å². The standard InChI is InChI=1S/C23H25N5O4S/c1-16-8-10-19(11-9-16)33(30,31)28-21-23(32-15-17-5-4-12-24-13-17)27-20(14-25-21)22(29)26-18-6-2-3-7-18/h4-5,8-14,18H,2-3,6-7,15H2,1H3,(H,25,28)(H,26,29). The molecule has 0 saturated heterocycles. The second kappa shape index (κ2) is 9.95. The smallest absolute Gasteiger partial charge is 0.271 e. The lowest BCUT2D eigenvalue weighted by Crippen LogP contribution is -2.33. The van der Waals surface area contributed by atoms with Crippen molar-refractivity contribution in [3.8, 4) is 5.88 Å². The van der Waals surface area contributed by atoms with E-state index >= 15 is 0 Å². The van der Waals surface area contributed by atoms with Gasteiger partial charge in [0.1, 0.15) is 6.61 Å². The number of hydrogen-bond acceptors (Lipinski definition) is 7. The van der Waals surface area contributed by atoms with Gasteiger partial charge in [-0.05, 0) is 38.0 Å². The van der Waals surface area contributed by atoms with Crippen molar-refractivity contribution in [2.45, 2.75) is 50.2 Å². The Morgan fingerprint density at radius 3 is 2.58 bits per heavy atom. The van der Waals surface area contributed by atoms with Gasteiger partial charge >= 0.3 is 0 Å². The van der Waals surface area contributed by atoms with Crippen LogP contribution in [0.3, 0.4) is 0 Å². The second-order valence-electron chi connectivity index (χ2n) is 7.93. The van der Waals surface area contributed by atoms with Gasteiger partial charge in [-0.2, -0.15) is 0 Å². The summed E-state index contributed by atoms with van der Waals surface area (Å²) in [7, 11) is -3.93. The number of benzene rings is 1. The monoisotopic (exact) mass is 467 g/mol. The topological polar surface area (TPSA) is 123 Å². The molecule has 1 fully saturated rings. The lowest BCUT2D eigenvalue weighted by Gasteiger charge is -2.15. The zero-order valence-electron chi connectivity index (χ0n) is 18.2. The first-order valence-electron chi connectivity index (χ1n) is 10.7. The van der Waals surface area contributed by atoms with Crippen molar-refractivity contribution in [2.75, 3.05) is 4.72 Å². The third kappa shape index (κ3) is 5.83. The molecular weight excluding hydrogens is 442 g/mol. The minimum absolute atomic E-state index is 0.0568. The molecule has 1 amide bonds. The van der Waals surface area contributed by atoms with Gasteiger partial charge in [-0.3, -0.25) is 14.5 Å².